The van der Waals surface area contributed by atoms with Gasteiger partial charge in [0.05, 0.1) is 34.4 Å². The molecule has 0 radical (unpaired) electrons. The fourth-order valence-electron chi connectivity index (χ4n) is 6.34. The number of carboxylic acids is 1. The highest BCUT2D eigenvalue weighted by atomic mass is 16.7. The number of carboxylic acid groups (broad SMARTS) is 1. The molecule has 1 N–H and O–H groups in total. The van der Waals surface area contributed by atoms with E-state index in [9.17, 15) is 19.5 Å². The van der Waals surface area contributed by atoms with Gasteiger partial charge in [-0.2, -0.15) is 0 Å². The van der Waals surface area contributed by atoms with E-state index in [0.717, 1.165) is 96.3 Å². The fraction of sp³-hybridized carbons (Fsp3) is 0.583. The first-order chi connectivity index (χ1) is 33.6. The molecule has 0 aliphatic heterocycles. The molecule has 0 fully saturated rings. The summed E-state index contributed by atoms with van der Waals surface area (Å²) in [6, 6.07) is 0. The number of carbonyl (C=O) groups excluding carboxylic acids is 2. The SMILES string of the molecule is CC/C=C\C/C=C\C/C=C\C/C=C\C/C=C\C/C=C\C/C=C\C/C=C\C/C=C\CCCC(=O)OC(COC(=O)CCCCCCC/C=C\C/C=C\CCCCC)COC(OCC[N+](C)(C)C)C(=O)O. The third-order valence-corrected chi connectivity index (χ3v) is 10.4. The molecule has 2 atom stereocenters. The van der Waals surface area contributed by atoms with Crippen molar-refractivity contribution in [3.8, 4) is 0 Å². The van der Waals surface area contributed by atoms with E-state index < -0.39 is 24.3 Å². The molecular formula is C60H96NO8+. The second-order valence-electron chi connectivity index (χ2n) is 18.1. The third-order valence-electron chi connectivity index (χ3n) is 10.4. The summed E-state index contributed by atoms with van der Waals surface area (Å²) >= 11 is 0. The first kappa shape index (κ1) is 64.4. The predicted molar refractivity (Wildman–Crippen MR) is 290 cm³/mol. The van der Waals surface area contributed by atoms with Crippen molar-refractivity contribution in [2.45, 2.75) is 180 Å². The van der Waals surface area contributed by atoms with Gasteiger partial charge in [-0.15, -0.1) is 0 Å². The zero-order valence-electron chi connectivity index (χ0n) is 43.9. The monoisotopic (exact) mass is 959 g/mol. The molecule has 0 rings (SSSR count). The average Bonchev–Trinajstić information content (AvgIpc) is 3.31. The van der Waals surface area contributed by atoms with E-state index in [-0.39, 0.29) is 38.6 Å². The largest absolute Gasteiger partial charge is 0.477 e. The van der Waals surface area contributed by atoms with E-state index >= 15 is 0 Å². The Labute approximate surface area is 420 Å². The number of allylic oxidation sites excluding steroid dienone is 22. The van der Waals surface area contributed by atoms with Crippen LogP contribution in [-0.4, -0.2) is 87.4 Å². The number of likely N-dealkylation sites (N-methyl/N-ethyl adjacent to an activating group) is 1. The molecule has 0 aliphatic carbocycles. The van der Waals surface area contributed by atoms with Crippen LogP contribution in [0.25, 0.3) is 0 Å². The first-order valence-electron chi connectivity index (χ1n) is 26.3. The molecule has 0 aliphatic rings. The first-order valence-corrected chi connectivity index (χ1v) is 26.3. The molecule has 0 aromatic heterocycles. The zero-order valence-corrected chi connectivity index (χ0v) is 43.9. The van der Waals surface area contributed by atoms with Crippen LogP contribution in [0.4, 0.5) is 0 Å². The van der Waals surface area contributed by atoms with Gasteiger partial charge in [0, 0.05) is 12.8 Å². The number of unbranched alkanes of at least 4 members (excludes halogenated alkanes) is 9. The summed E-state index contributed by atoms with van der Waals surface area (Å²) in [6.07, 6.45) is 68.1. The number of ether oxygens (including phenoxy) is 4. The van der Waals surface area contributed by atoms with Crippen LogP contribution in [-0.2, 0) is 33.3 Å². The molecule has 0 bridgehead atoms. The minimum Gasteiger partial charge on any atom is -0.477 e. The van der Waals surface area contributed by atoms with Gasteiger partial charge in [0.1, 0.15) is 13.2 Å². The Morgan fingerprint density at radius 2 is 0.841 bits per heavy atom. The van der Waals surface area contributed by atoms with Crippen molar-refractivity contribution < 1.29 is 42.9 Å². The lowest BCUT2D eigenvalue weighted by molar-refractivity contribution is -0.870. The summed E-state index contributed by atoms with van der Waals surface area (Å²) in [6.45, 7) is 4.61. The van der Waals surface area contributed by atoms with E-state index in [2.05, 4.69) is 148 Å². The van der Waals surface area contributed by atoms with Crippen LogP contribution >= 0.6 is 0 Å². The topological polar surface area (TPSA) is 108 Å². The number of quaternary nitrogens is 1. The van der Waals surface area contributed by atoms with Crippen molar-refractivity contribution in [2.75, 3.05) is 47.5 Å². The van der Waals surface area contributed by atoms with Crippen molar-refractivity contribution >= 4 is 17.9 Å². The van der Waals surface area contributed by atoms with Gasteiger partial charge in [0.25, 0.3) is 6.29 Å². The lowest BCUT2D eigenvalue weighted by Crippen LogP contribution is -2.40. The molecule has 0 aromatic carbocycles. The summed E-state index contributed by atoms with van der Waals surface area (Å²) in [4.78, 5) is 37.3. The normalized spacial score (nSPS) is 13.9. The van der Waals surface area contributed by atoms with E-state index in [1.165, 1.54) is 25.7 Å². The van der Waals surface area contributed by atoms with Crippen LogP contribution in [0.3, 0.4) is 0 Å². The summed E-state index contributed by atoms with van der Waals surface area (Å²) in [5, 5.41) is 9.67. The Morgan fingerprint density at radius 3 is 1.28 bits per heavy atom. The van der Waals surface area contributed by atoms with Gasteiger partial charge in [-0.3, -0.25) is 9.59 Å². The van der Waals surface area contributed by atoms with Crippen molar-refractivity contribution in [3.63, 3.8) is 0 Å². The molecule has 0 aromatic rings. The highest BCUT2D eigenvalue weighted by molar-refractivity contribution is 5.71. The van der Waals surface area contributed by atoms with Crippen molar-refractivity contribution in [3.05, 3.63) is 134 Å². The summed E-state index contributed by atoms with van der Waals surface area (Å²) in [7, 11) is 5.92. The third kappa shape index (κ3) is 51.1. The van der Waals surface area contributed by atoms with Crippen LogP contribution in [0.15, 0.2) is 134 Å². The number of carbonyl (C=O) groups is 3. The van der Waals surface area contributed by atoms with E-state index in [1.54, 1.807) is 0 Å². The van der Waals surface area contributed by atoms with Gasteiger partial charge >= 0.3 is 17.9 Å². The van der Waals surface area contributed by atoms with Gasteiger partial charge in [-0.1, -0.05) is 180 Å². The number of hydrogen-bond acceptors (Lipinski definition) is 7. The Balaban J connectivity index is 4.47. The molecule has 69 heavy (non-hydrogen) atoms. The molecule has 9 heteroatoms. The van der Waals surface area contributed by atoms with Crippen molar-refractivity contribution in [1.82, 2.24) is 0 Å². The molecule has 9 nitrogen and oxygen atoms in total. The quantitative estimate of drug-likeness (QED) is 0.0211. The number of esters is 2. The highest BCUT2D eigenvalue weighted by Gasteiger charge is 2.25. The van der Waals surface area contributed by atoms with Crippen LogP contribution in [0.2, 0.25) is 0 Å². The number of nitrogens with zero attached hydrogens (tertiary/aromatic N) is 1. The molecule has 0 amide bonds. The van der Waals surface area contributed by atoms with Crippen LogP contribution in [0, 0.1) is 0 Å². The highest BCUT2D eigenvalue weighted by Crippen LogP contribution is 2.11. The van der Waals surface area contributed by atoms with E-state index in [1.807, 2.05) is 21.1 Å². The van der Waals surface area contributed by atoms with Crippen molar-refractivity contribution in [2.24, 2.45) is 0 Å². The van der Waals surface area contributed by atoms with E-state index in [0.29, 0.717) is 30.3 Å². The Morgan fingerprint density at radius 1 is 0.449 bits per heavy atom. The zero-order chi connectivity index (χ0) is 50.6. The molecule has 0 saturated carbocycles. The predicted octanol–water partition coefficient (Wildman–Crippen LogP) is 15.1. The van der Waals surface area contributed by atoms with Gasteiger partial charge in [-0.05, 0) is 109 Å². The number of aliphatic carboxylic acids is 1. The number of rotatable bonds is 46. The molecule has 388 valence electrons. The molecule has 0 spiro atoms. The smallest absolute Gasteiger partial charge is 0.361 e. The Hall–Kier alpha value is -4.57. The maximum absolute atomic E-state index is 12.8. The molecular weight excluding hydrogens is 863 g/mol. The maximum atomic E-state index is 12.8. The summed E-state index contributed by atoms with van der Waals surface area (Å²) < 4.78 is 22.7. The lowest BCUT2D eigenvalue weighted by atomic mass is 10.1. The van der Waals surface area contributed by atoms with Crippen LogP contribution in [0.5, 0.6) is 0 Å². The lowest BCUT2D eigenvalue weighted by Gasteiger charge is -2.25. The minimum absolute atomic E-state index is 0.166. The molecule has 0 heterocycles. The standard InChI is InChI=1S/C60H95NO8/c1-6-8-10-12-14-16-18-20-22-23-24-25-26-27-28-29-30-31-32-33-34-35-37-39-41-43-45-47-49-51-58(63)69-56(55-68-60(59(64)65)66-53-52-61(3,4)5)54-67-57(62)50-48-46-44-42-40-38-36-21-19-17-15-13-11-9-7-2/h8,10,14-17,20-22,24-25,27-28,30-31,33-34,36-37,39,43,45,56,60H,6-7,9,11-13,18-19,23,26,29,32,35,38,40-42,44,46-55H2,1-5H3/p+1/b10-8-,16-14-,17-15-,22-20-,25-24-,28-27-,31-30-,34-33-,36-21-,39-37-,45-43-. The van der Waals surface area contributed by atoms with Gasteiger partial charge in [0.15, 0.2) is 6.10 Å². The minimum atomic E-state index is -1.54. The van der Waals surface area contributed by atoms with E-state index in [4.69, 9.17) is 18.9 Å². The van der Waals surface area contributed by atoms with Gasteiger partial charge in [0.2, 0.25) is 0 Å². The van der Waals surface area contributed by atoms with Crippen LogP contribution in [0.1, 0.15) is 168 Å². The van der Waals surface area contributed by atoms with Gasteiger partial charge < -0.3 is 28.5 Å². The fourth-order valence-corrected chi connectivity index (χ4v) is 6.34. The second kappa shape index (κ2) is 49.8. The van der Waals surface area contributed by atoms with Crippen LogP contribution < -0.4 is 0 Å². The Kier molecular flexibility index (Phi) is 46.5. The summed E-state index contributed by atoms with van der Waals surface area (Å²) in [5.74, 6) is -2.13. The Bertz CT molecular complexity index is 1590. The van der Waals surface area contributed by atoms with Gasteiger partial charge in [-0.25, -0.2) is 4.79 Å². The average molecular weight is 959 g/mol. The van der Waals surface area contributed by atoms with Crippen molar-refractivity contribution in [1.29, 1.82) is 0 Å². The second-order valence-corrected chi connectivity index (χ2v) is 18.1. The summed E-state index contributed by atoms with van der Waals surface area (Å²) in [5.41, 5.74) is 0. The maximum Gasteiger partial charge on any atom is 0.361 e. The molecule has 2 unspecified atom stereocenters. The number of hydrogen-bond donors (Lipinski definition) is 1. The molecule has 0 saturated heterocycles.